The maximum atomic E-state index is 5.34. The average molecular weight is 284 g/mol. The molecule has 2 fully saturated rings. The van der Waals surface area contributed by atoms with E-state index >= 15 is 0 Å². The first-order valence-electron chi connectivity index (χ1n) is 4.25. The summed E-state index contributed by atoms with van der Waals surface area (Å²) < 4.78 is 5.34. The molecule has 0 aliphatic heterocycles. The maximum absolute atomic E-state index is 5.34. The molecule has 11 heavy (non-hydrogen) atoms. The third kappa shape index (κ3) is 2.04. The molecule has 0 aromatic carbocycles. The zero-order chi connectivity index (χ0) is 7.73. The van der Waals surface area contributed by atoms with Crippen molar-refractivity contribution in [2.24, 2.45) is 11.3 Å². The molecular formula is C8H13IOS. The van der Waals surface area contributed by atoms with Crippen molar-refractivity contribution >= 4 is 30.4 Å². The first-order chi connectivity index (χ1) is 5.35. The van der Waals surface area contributed by atoms with Gasteiger partial charge >= 0.3 is 0 Å². The van der Waals surface area contributed by atoms with Crippen molar-refractivity contribution in [3.05, 3.63) is 0 Å². The molecule has 1 nitrogen and oxygen atoms in total. The second-order valence-electron chi connectivity index (χ2n) is 3.96. The molecule has 0 bridgehead atoms. The monoisotopic (exact) mass is 284 g/mol. The van der Waals surface area contributed by atoms with Gasteiger partial charge in [-0.15, -0.1) is 0 Å². The van der Waals surface area contributed by atoms with E-state index < -0.39 is 0 Å². The predicted molar refractivity (Wildman–Crippen MR) is 56.6 cm³/mol. The van der Waals surface area contributed by atoms with Crippen LogP contribution in [0.3, 0.4) is 0 Å². The van der Waals surface area contributed by atoms with Crippen molar-refractivity contribution in [1.29, 1.82) is 0 Å². The molecule has 0 amide bonds. The van der Waals surface area contributed by atoms with E-state index in [1.807, 2.05) is 0 Å². The lowest BCUT2D eigenvalue weighted by Gasteiger charge is -2.07. The molecule has 0 radical (unpaired) electrons. The Labute approximate surface area is 84.4 Å². The number of rotatable bonds is 3. The molecule has 0 aromatic rings. The summed E-state index contributed by atoms with van der Waals surface area (Å²) in [5.74, 6) is 0.875. The summed E-state index contributed by atoms with van der Waals surface area (Å²) in [5, 5.41) is 0. The van der Waals surface area contributed by atoms with Crippen LogP contribution in [0.1, 0.15) is 32.1 Å². The molecule has 0 saturated heterocycles. The van der Waals surface area contributed by atoms with Crippen LogP contribution >= 0.6 is 30.4 Å². The van der Waals surface area contributed by atoms with Crippen molar-refractivity contribution in [2.75, 3.05) is 6.61 Å². The molecule has 0 aromatic heterocycles. The molecule has 2 aliphatic rings. The van der Waals surface area contributed by atoms with Gasteiger partial charge in [0.1, 0.15) is 0 Å². The van der Waals surface area contributed by atoms with Crippen molar-refractivity contribution in [1.82, 2.24) is 0 Å². The standard InChI is InChI=1S/C8H13IOS/c9-11-10-6-7-1-2-8(5-7)3-4-8/h7H,1-6H2. The van der Waals surface area contributed by atoms with Crippen molar-refractivity contribution in [2.45, 2.75) is 32.1 Å². The zero-order valence-corrected chi connectivity index (χ0v) is 9.49. The fourth-order valence-corrected chi connectivity index (χ4v) is 2.91. The van der Waals surface area contributed by atoms with Gasteiger partial charge in [0, 0.05) is 21.2 Å². The predicted octanol–water partition coefficient (Wildman–Crippen LogP) is 3.58. The number of hydrogen-bond acceptors (Lipinski definition) is 2. The van der Waals surface area contributed by atoms with Crippen molar-refractivity contribution in [3.63, 3.8) is 0 Å². The van der Waals surface area contributed by atoms with Crippen LogP contribution in [0.25, 0.3) is 0 Å². The van der Waals surface area contributed by atoms with Gasteiger partial charge in [-0.3, -0.25) is 0 Å². The Hall–Kier alpha value is 1.04. The third-order valence-corrected chi connectivity index (χ3v) is 4.10. The van der Waals surface area contributed by atoms with Gasteiger partial charge in [0.05, 0.1) is 15.8 Å². The van der Waals surface area contributed by atoms with E-state index in [0.717, 1.165) is 17.9 Å². The molecule has 2 saturated carbocycles. The Bertz CT molecular complexity index is 147. The Kier molecular flexibility index (Phi) is 2.68. The van der Waals surface area contributed by atoms with E-state index in [9.17, 15) is 0 Å². The Balaban J connectivity index is 1.72. The first-order valence-corrected chi connectivity index (χ1v) is 7.53. The van der Waals surface area contributed by atoms with E-state index in [4.69, 9.17) is 4.18 Å². The van der Waals surface area contributed by atoms with Gasteiger partial charge in [-0.2, -0.15) is 0 Å². The summed E-state index contributed by atoms with van der Waals surface area (Å²) >= 11 is 2.19. The van der Waals surface area contributed by atoms with E-state index in [1.165, 1.54) is 41.3 Å². The second-order valence-corrected chi connectivity index (χ2v) is 5.40. The van der Waals surface area contributed by atoms with Gasteiger partial charge in [0.15, 0.2) is 0 Å². The number of halogens is 1. The van der Waals surface area contributed by atoms with Crippen LogP contribution in [0.4, 0.5) is 0 Å². The summed E-state index contributed by atoms with van der Waals surface area (Å²) in [6.07, 6.45) is 7.34. The van der Waals surface area contributed by atoms with Crippen LogP contribution in [-0.2, 0) is 4.18 Å². The minimum Gasteiger partial charge on any atom is -0.305 e. The highest BCUT2D eigenvalue weighted by molar-refractivity contribution is 14.2. The van der Waals surface area contributed by atoms with Gasteiger partial charge in [0.25, 0.3) is 0 Å². The fraction of sp³-hybridized carbons (Fsp3) is 1.00. The highest BCUT2D eigenvalue weighted by atomic mass is 127. The first kappa shape index (κ1) is 8.63. The summed E-state index contributed by atoms with van der Waals surface area (Å²) in [5.41, 5.74) is 0.823. The van der Waals surface area contributed by atoms with Gasteiger partial charge in [0.2, 0.25) is 0 Å². The van der Waals surface area contributed by atoms with Crippen LogP contribution in [-0.4, -0.2) is 6.61 Å². The minimum atomic E-state index is 0.823. The summed E-state index contributed by atoms with van der Waals surface area (Å²) in [7, 11) is 1.48. The van der Waals surface area contributed by atoms with E-state index in [-0.39, 0.29) is 0 Å². The Morgan fingerprint density at radius 3 is 2.82 bits per heavy atom. The van der Waals surface area contributed by atoms with Crippen molar-refractivity contribution in [3.8, 4) is 0 Å². The van der Waals surface area contributed by atoms with Crippen LogP contribution in [0.15, 0.2) is 0 Å². The second kappa shape index (κ2) is 3.42. The van der Waals surface area contributed by atoms with Crippen LogP contribution in [0.5, 0.6) is 0 Å². The van der Waals surface area contributed by atoms with Crippen LogP contribution < -0.4 is 0 Å². The molecule has 1 unspecified atom stereocenters. The molecule has 1 spiro atoms. The number of hydrogen-bond donors (Lipinski definition) is 0. The van der Waals surface area contributed by atoms with Crippen molar-refractivity contribution < 1.29 is 4.18 Å². The molecule has 2 aliphatic carbocycles. The fourth-order valence-electron chi connectivity index (χ4n) is 2.22. The molecule has 64 valence electrons. The van der Waals surface area contributed by atoms with Crippen LogP contribution in [0.2, 0.25) is 0 Å². The van der Waals surface area contributed by atoms with E-state index in [0.29, 0.717) is 0 Å². The highest BCUT2D eigenvalue weighted by Gasteiger charge is 2.47. The van der Waals surface area contributed by atoms with Crippen LogP contribution in [0, 0.1) is 11.3 Å². The molecule has 3 heteroatoms. The van der Waals surface area contributed by atoms with E-state index in [2.05, 4.69) is 21.2 Å². The highest BCUT2D eigenvalue weighted by Crippen LogP contribution is 2.59. The Morgan fingerprint density at radius 1 is 1.45 bits per heavy atom. The quantitative estimate of drug-likeness (QED) is 0.578. The summed E-state index contributed by atoms with van der Waals surface area (Å²) in [6, 6.07) is 0. The van der Waals surface area contributed by atoms with E-state index in [1.54, 1.807) is 0 Å². The minimum absolute atomic E-state index is 0.823. The largest absolute Gasteiger partial charge is 0.305 e. The molecule has 2 rings (SSSR count). The molecule has 0 heterocycles. The van der Waals surface area contributed by atoms with Gasteiger partial charge in [-0.25, -0.2) is 0 Å². The molecular weight excluding hydrogens is 271 g/mol. The molecule has 0 N–H and O–H groups in total. The normalized spacial score (nSPS) is 33.0. The van der Waals surface area contributed by atoms with Gasteiger partial charge < -0.3 is 4.18 Å². The Morgan fingerprint density at radius 2 is 2.27 bits per heavy atom. The van der Waals surface area contributed by atoms with Gasteiger partial charge in [-0.1, -0.05) is 0 Å². The maximum Gasteiger partial charge on any atom is 0.0651 e. The lowest BCUT2D eigenvalue weighted by atomic mass is 10.0. The zero-order valence-electron chi connectivity index (χ0n) is 6.51. The lowest BCUT2D eigenvalue weighted by molar-refractivity contribution is 0.288. The summed E-state index contributed by atoms with van der Waals surface area (Å²) in [6.45, 7) is 0.982. The lowest BCUT2D eigenvalue weighted by Crippen LogP contribution is -2.02. The SMILES string of the molecule is ISOCC1CCC2(CC2)C1. The van der Waals surface area contributed by atoms with Gasteiger partial charge in [-0.05, 0) is 43.4 Å². The average Bonchev–Trinajstić information content (AvgIpc) is 2.61. The molecule has 1 atom stereocenters. The summed E-state index contributed by atoms with van der Waals surface area (Å²) in [4.78, 5) is 0. The topological polar surface area (TPSA) is 9.23 Å². The smallest absolute Gasteiger partial charge is 0.0651 e. The third-order valence-electron chi connectivity index (χ3n) is 3.11.